The Bertz CT molecular complexity index is 1100. The standard InChI is InChI=1S/C19H17N5O3/c1-12(2)24-16(7-9-21-24)18-13(4-3-8-20-18)11-26-17-6-5-15-19(14(17)10-25)23-27-22-15/h3-10,12H,11H2,1-2H3. The maximum absolute atomic E-state index is 11.5. The zero-order valence-corrected chi connectivity index (χ0v) is 14.9. The Kier molecular flexibility index (Phi) is 4.37. The lowest BCUT2D eigenvalue weighted by molar-refractivity contribution is 0.112. The fourth-order valence-corrected chi connectivity index (χ4v) is 2.95. The molecule has 27 heavy (non-hydrogen) atoms. The second-order valence-electron chi connectivity index (χ2n) is 6.28. The first-order valence-electron chi connectivity index (χ1n) is 8.50. The van der Waals surface area contributed by atoms with Crippen molar-refractivity contribution in [2.75, 3.05) is 0 Å². The summed E-state index contributed by atoms with van der Waals surface area (Å²) in [4.78, 5) is 16.0. The third-order valence-corrected chi connectivity index (χ3v) is 4.22. The number of fused-ring (bicyclic) bond motifs is 1. The number of hydrogen-bond acceptors (Lipinski definition) is 7. The van der Waals surface area contributed by atoms with Gasteiger partial charge >= 0.3 is 0 Å². The first kappa shape index (κ1) is 16.9. The summed E-state index contributed by atoms with van der Waals surface area (Å²) in [6, 6.07) is 9.31. The molecule has 0 aliphatic carbocycles. The van der Waals surface area contributed by atoms with E-state index in [1.165, 1.54) is 0 Å². The van der Waals surface area contributed by atoms with Gasteiger partial charge in [-0.05, 0) is 48.4 Å². The first-order valence-corrected chi connectivity index (χ1v) is 8.50. The molecule has 0 aliphatic rings. The molecule has 0 atom stereocenters. The molecule has 8 heteroatoms. The molecule has 1 aromatic carbocycles. The number of benzene rings is 1. The highest BCUT2D eigenvalue weighted by Crippen LogP contribution is 2.28. The maximum atomic E-state index is 11.5. The quantitative estimate of drug-likeness (QED) is 0.484. The smallest absolute Gasteiger partial charge is 0.156 e. The zero-order valence-electron chi connectivity index (χ0n) is 14.9. The van der Waals surface area contributed by atoms with E-state index in [2.05, 4.69) is 34.2 Å². The van der Waals surface area contributed by atoms with Gasteiger partial charge in [0.25, 0.3) is 0 Å². The molecule has 0 N–H and O–H groups in total. The molecule has 3 heterocycles. The molecule has 0 saturated carbocycles. The molecule has 0 bridgehead atoms. The van der Waals surface area contributed by atoms with Gasteiger partial charge in [0.15, 0.2) is 6.29 Å². The van der Waals surface area contributed by atoms with Crippen molar-refractivity contribution >= 4 is 17.3 Å². The summed E-state index contributed by atoms with van der Waals surface area (Å²) in [5, 5.41) is 11.9. The van der Waals surface area contributed by atoms with E-state index in [1.807, 2.05) is 22.9 Å². The number of rotatable bonds is 6. The number of pyridine rings is 1. The van der Waals surface area contributed by atoms with E-state index in [-0.39, 0.29) is 12.6 Å². The van der Waals surface area contributed by atoms with Crippen molar-refractivity contribution in [1.82, 2.24) is 25.1 Å². The van der Waals surface area contributed by atoms with Crippen LogP contribution >= 0.6 is 0 Å². The topological polar surface area (TPSA) is 95.9 Å². The molecule has 4 rings (SSSR count). The number of ether oxygens (including phenoxy) is 1. The summed E-state index contributed by atoms with van der Waals surface area (Å²) in [6.45, 7) is 4.37. The number of carbonyl (C=O) groups is 1. The molecule has 0 spiro atoms. The predicted molar refractivity (Wildman–Crippen MR) is 97.4 cm³/mol. The first-order chi connectivity index (χ1) is 13.2. The van der Waals surface area contributed by atoms with Crippen molar-refractivity contribution in [3.05, 3.63) is 53.9 Å². The molecule has 4 aromatic rings. The van der Waals surface area contributed by atoms with E-state index in [0.29, 0.717) is 28.6 Å². The largest absolute Gasteiger partial charge is 0.488 e. The van der Waals surface area contributed by atoms with Crippen LogP contribution in [0.3, 0.4) is 0 Å². The molecule has 0 unspecified atom stereocenters. The van der Waals surface area contributed by atoms with Gasteiger partial charge in [-0.3, -0.25) is 14.5 Å². The van der Waals surface area contributed by atoms with Crippen LogP contribution in [0.25, 0.3) is 22.4 Å². The second-order valence-corrected chi connectivity index (χ2v) is 6.28. The second kappa shape index (κ2) is 6.99. The summed E-state index contributed by atoms with van der Waals surface area (Å²) in [5.74, 6) is 0.417. The number of hydrogen-bond donors (Lipinski definition) is 0. The monoisotopic (exact) mass is 363 g/mol. The number of carbonyl (C=O) groups excluding carboxylic acids is 1. The van der Waals surface area contributed by atoms with E-state index in [9.17, 15) is 4.79 Å². The third kappa shape index (κ3) is 3.05. The van der Waals surface area contributed by atoms with Gasteiger partial charge in [-0.25, -0.2) is 4.63 Å². The van der Waals surface area contributed by atoms with Gasteiger partial charge in [0.05, 0.1) is 17.0 Å². The van der Waals surface area contributed by atoms with Gasteiger partial charge in [-0.2, -0.15) is 5.10 Å². The average Bonchev–Trinajstić information content (AvgIpc) is 3.35. The van der Waals surface area contributed by atoms with Crippen LogP contribution in [0.4, 0.5) is 0 Å². The van der Waals surface area contributed by atoms with E-state index in [1.54, 1.807) is 24.5 Å². The fourth-order valence-electron chi connectivity index (χ4n) is 2.95. The van der Waals surface area contributed by atoms with Gasteiger partial charge in [0, 0.05) is 24.0 Å². The van der Waals surface area contributed by atoms with Gasteiger partial charge in [0.1, 0.15) is 23.4 Å². The van der Waals surface area contributed by atoms with Crippen molar-refractivity contribution < 1.29 is 14.2 Å². The Morgan fingerprint density at radius 1 is 1.19 bits per heavy atom. The SMILES string of the molecule is CC(C)n1nccc1-c1ncccc1COc1ccc2nonc2c1C=O. The van der Waals surface area contributed by atoms with Crippen molar-refractivity contribution in [3.8, 4) is 17.1 Å². The summed E-state index contributed by atoms with van der Waals surface area (Å²) in [5.41, 5.74) is 3.79. The third-order valence-electron chi connectivity index (χ3n) is 4.22. The minimum Gasteiger partial charge on any atom is -0.488 e. The number of aromatic nitrogens is 5. The van der Waals surface area contributed by atoms with Crippen LogP contribution < -0.4 is 4.74 Å². The molecule has 0 aliphatic heterocycles. The normalized spacial score (nSPS) is 11.2. The van der Waals surface area contributed by atoms with Crippen molar-refractivity contribution in [1.29, 1.82) is 0 Å². The molecule has 0 amide bonds. The minimum atomic E-state index is 0.203. The van der Waals surface area contributed by atoms with Crippen LogP contribution in [0.1, 0.15) is 35.8 Å². The lowest BCUT2D eigenvalue weighted by Crippen LogP contribution is -2.08. The Balaban J connectivity index is 1.67. The lowest BCUT2D eigenvalue weighted by Gasteiger charge is -2.14. The predicted octanol–water partition coefficient (Wildman–Crippen LogP) is 3.45. The number of nitrogens with zero attached hydrogens (tertiary/aromatic N) is 5. The molecule has 3 aromatic heterocycles. The van der Waals surface area contributed by atoms with Crippen LogP contribution in [0, 0.1) is 0 Å². The summed E-state index contributed by atoms with van der Waals surface area (Å²) in [6.07, 6.45) is 4.19. The van der Waals surface area contributed by atoms with Crippen LogP contribution in [0.5, 0.6) is 5.75 Å². The molecule has 0 fully saturated rings. The Morgan fingerprint density at radius 2 is 2.07 bits per heavy atom. The highest BCUT2D eigenvalue weighted by Gasteiger charge is 2.16. The lowest BCUT2D eigenvalue weighted by atomic mass is 10.1. The summed E-state index contributed by atoms with van der Waals surface area (Å²) in [7, 11) is 0. The Labute approximate surface area is 154 Å². The van der Waals surface area contributed by atoms with Gasteiger partial charge in [0.2, 0.25) is 0 Å². The summed E-state index contributed by atoms with van der Waals surface area (Å²) >= 11 is 0. The average molecular weight is 363 g/mol. The highest BCUT2D eigenvalue weighted by molar-refractivity contribution is 5.96. The van der Waals surface area contributed by atoms with E-state index in [4.69, 9.17) is 9.37 Å². The van der Waals surface area contributed by atoms with Crippen molar-refractivity contribution in [3.63, 3.8) is 0 Å². The minimum absolute atomic E-state index is 0.203. The Hall–Kier alpha value is -3.55. The van der Waals surface area contributed by atoms with Crippen LogP contribution in [-0.4, -0.2) is 31.4 Å². The van der Waals surface area contributed by atoms with E-state index < -0.39 is 0 Å². The van der Waals surface area contributed by atoms with Crippen molar-refractivity contribution in [2.45, 2.75) is 26.5 Å². The highest BCUT2D eigenvalue weighted by atomic mass is 16.6. The Morgan fingerprint density at radius 3 is 2.89 bits per heavy atom. The van der Waals surface area contributed by atoms with Crippen LogP contribution in [-0.2, 0) is 6.61 Å². The maximum Gasteiger partial charge on any atom is 0.156 e. The zero-order chi connectivity index (χ0) is 18.8. The fraction of sp³-hybridized carbons (Fsp3) is 0.211. The molecule has 8 nitrogen and oxygen atoms in total. The van der Waals surface area contributed by atoms with Gasteiger partial charge in [-0.1, -0.05) is 6.07 Å². The van der Waals surface area contributed by atoms with Gasteiger partial charge < -0.3 is 4.74 Å². The van der Waals surface area contributed by atoms with E-state index >= 15 is 0 Å². The molecular formula is C19H17N5O3. The van der Waals surface area contributed by atoms with E-state index in [0.717, 1.165) is 17.0 Å². The summed E-state index contributed by atoms with van der Waals surface area (Å²) < 4.78 is 12.5. The molecular weight excluding hydrogens is 346 g/mol. The molecule has 0 saturated heterocycles. The van der Waals surface area contributed by atoms with Crippen LogP contribution in [0.2, 0.25) is 0 Å². The number of aldehydes is 1. The molecule has 136 valence electrons. The molecule has 0 radical (unpaired) electrons. The van der Waals surface area contributed by atoms with Gasteiger partial charge in [-0.15, -0.1) is 0 Å². The van der Waals surface area contributed by atoms with Crippen molar-refractivity contribution in [2.24, 2.45) is 0 Å². The van der Waals surface area contributed by atoms with Crippen LogP contribution in [0.15, 0.2) is 47.4 Å².